The van der Waals surface area contributed by atoms with Crippen molar-refractivity contribution in [2.75, 3.05) is 18.5 Å². The Morgan fingerprint density at radius 1 is 1.26 bits per heavy atom. The Kier molecular flexibility index (Phi) is 6.55. The van der Waals surface area contributed by atoms with Gasteiger partial charge in [0.1, 0.15) is 12.3 Å². The van der Waals surface area contributed by atoms with Crippen LogP contribution in [0.5, 0.6) is 11.5 Å². The molecule has 3 amide bonds. The van der Waals surface area contributed by atoms with E-state index in [-0.39, 0.29) is 10.5 Å². The number of hydrogen-bond donors (Lipinski definition) is 2. The predicted octanol–water partition coefficient (Wildman–Crippen LogP) is 3.37. The van der Waals surface area contributed by atoms with Crippen LogP contribution in [-0.4, -0.2) is 45.1 Å². The van der Waals surface area contributed by atoms with Crippen molar-refractivity contribution in [1.82, 2.24) is 4.90 Å². The molecule has 31 heavy (non-hydrogen) atoms. The topological polar surface area (TPSA) is 139 Å². The molecule has 11 heteroatoms. The van der Waals surface area contributed by atoms with Crippen molar-refractivity contribution in [2.45, 2.75) is 6.92 Å². The first-order valence-electron chi connectivity index (χ1n) is 9.04. The summed E-state index contributed by atoms with van der Waals surface area (Å²) in [6, 6.07) is 10.4. The van der Waals surface area contributed by atoms with Crippen molar-refractivity contribution in [3.8, 4) is 11.5 Å². The molecule has 1 aliphatic rings. The number of carbonyl (C=O) groups is 3. The van der Waals surface area contributed by atoms with Crippen molar-refractivity contribution in [3.05, 3.63) is 63.0 Å². The van der Waals surface area contributed by atoms with Gasteiger partial charge in [0.05, 0.1) is 16.4 Å². The minimum Gasteiger partial charge on any atom is -0.502 e. The summed E-state index contributed by atoms with van der Waals surface area (Å²) in [7, 11) is 0. The number of imide groups is 1. The van der Waals surface area contributed by atoms with Gasteiger partial charge in [0.15, 0.2) is 0 Å². The highest BCUT2D eigenvalue weighted by Crippen LogP contribution is 2.36. The second kappa shape index (κ2) is 9.30. The molecule has 2 aromatic carbocycles. The Morgan fingerprint density at radius 3 is 2.61 bits per heavy atom. The van der Waals surface area contributed by atoms with E-state index in [1.807, 2.05) is 6.92 Å². The van der Waals surface area contributed by atoms with Crippen LogP contribution in [0.2, 0.25) is 0 Å². The van der Waals surface area contributed by atoms with Crippen molar-refractivity contribution in [2.24, 2.45) is 0 Å². The van der Waals surface area contributed by atoms with Crippen LogP contribution in [-0.2, 0) is 9.59 Å². The van der Waals surface area contributed by atoms with Crippen molar-refractivity contribution in [1.29, 1.82) is 0 Å². The maximum absolute atomic E-state index is 12.6. The van der Waals surface area contributed by atoms with Gasteiger partial charge in [-0.3, -0.25) is 29.4 Å². The second-order valence-electron chi connectivity index (χ2n) is 6.25. The molecule has 0 aliphatic carbocycles. The number of phenols is 1. The van der Waals surface area contributed by atoms with Crippen molar-refractivity contribution >= 4 is 46.3 Å². The lowest BCUT2D eigenvalue weighted by Crippen LogP contribution is -2.36. The highest BCUT2D eigenvalue weighted by Gasteiger charge is 2.36. The van der Waals surface area contributed by atoms with E-state index >= 15 is 0 Å². The van der Waals surface area contributed by atoms with Gasteiger partial charge in [-0.05, 0) is 49.0 Å². The Morgan fingerprint density at radius 2 is 1.97 bits per heavy atom. The molecule has 160 valence electrons. The van der Waals surface area contributed by atoms with E-state index in [1.165, 1.54) is 18.2 Å². The summed E-state index contributed by atoms with van der Waals surface area (Å²) in [6.07, 6.45) is 1.18. The van der Waals surface area contributed by atoms with Gasteiger partial charge in [0.2, 0.25) is 11.7 Å². The third kappa shape index (κ3) is 5.01. The fraction of sp³-hybridized carbons (Fsp3) is 0.150. The van der Waals surface area contributed by atoms with Gasteiger partial charge in [0.25, 0.3) is 11.1 Å². The normalized spacial score (nSPS) is 14.7. The molecule has 10 nitrogen and oxygen atoms in total. The van der Waals surface area contributed by atoms with Crippen LogP contribution in [0.3, 0.4) is 0 Å². The van der Waals surface area contributed by atoms with Gasteiger partial charge in [0, 0.05) is 17.3 Å². The number of ether oxygens (including phenoxy) is 1. The summed E-state index contributed by atoms with van der Waals surface area (Å²) in [5.41, 5.74) is -0.0428. The van der Waals surface area contributed by atoms with Gasteiger partial charge in [-0.1, -0.05) is 12.1 Å². The molecule has 2 aromatic rings. The van der Waals surface area contributed by atoms with Crippen LogP contribution in [0.1, 0.15) is 12.5 Å². The number of carbonyl (C=O) groups excluding carboxylic acids is 3. The molecule has 0 aromatic heterocycles. The number of nitro groups is 1. The number of hydrogen-bond acceptors (Lipinski definition) is 8. The smallest absolute Gasteiger partial charge is 0.311 e. The van der Waals surface area contributed by atoms with Crippen LogP contribution in [0.4, 0.5) is 16.2 Å². The molecule has 0 atom stereocenters. The zero-order chi connectivity index (χ0) is 22.5. The van der Waals surface area contributed by atoms with E-state index in [4.69, 9.17) is 4.74 Å². The Bertz CT molecular complexity index is 1080. The molecule has 0 saturated carbocycles. The molecular weight excluding hydrogens is 426 g/mol. The maximum Gasteiger partial charge on any atom is 0.311 e. The number of nitro benzene ring substituents is 1. The molecule has 0 radical (unpaired) electrons. The average molecular weight is 443 g/mol. The van der Waals surface area contributed by atoms with E-state index in [1.54, 1.807) is 24.3 Å². The minimum absolute atomic E-state index is 0.0125. The van der Waals surface area contributed by atoms with Crippen molar-refractivity contribution < 1.29 is 29.2 Å². The summed E-state index contributed by atoms with van der Waals surface area (Å²) in [5, 5.41) is 22.9. The maximum atomic E-state index is 12.6. The van der Waals surface area contributed by atoms with Crippen LogP contribution in [0.15, 0.2) is 47.4 Å². The summed E-state index contributed by atoms with van der Waals surface area (Å²) in [5.74, 6) is -1.29. The lowest BCUT2D eigenvalue weighted by molar-refractivity contribution is -0.385. The fourth-order valence-corrected chi connectivity index (χ4v) is 3.56. The lowest BCUT2D eigenvalue weighted by atomic mass is 10.1. The highest BCUT2D eigenvalue weighted by molar-refractivity contribution is 8.18. The van der Waals surface area contributed by atoms with E-state index < -0.39 is 40.0 Å². The summed E-state index contributed by atoms with van der Waals surface area (Å²) < 4.78 is 5.32. The van der Waals surface area contributed by atoms with Crippen molar-refractivity contribution in [3.63, 3.8) is 0 Å². The monoisotopic (exact) mass is 443 g/mol. The quantitative estimate of drug-likeness (QED) is 0.377. The number of thioether (sulfide) groups is 1. The number of rotatable bonds is 7. The SMILES string of the molecule is CCOc1ccc(NC(=O)CN2C(=O)S/C(=C/c3cccc([N+](=O)[O-])c3O)C2=O)cc1. The Hall–Kier alpha value is -3.86. The molecule has 2 N–H and O–H groups in total. The standard InChI is InChI=1S/C20H17N3O7S/c1-2-30-14-8-6-13(7-9-14)21-17(24)11-22-19(26)16(31-20(22)27)10-12-4-3-5-15(18(12)25)23(28)29/h3-10,25H,2,11H2,1H3,(H,21,24)/b16-10+. The fourth-order valence-electron chi connectivity index (χ4n) is 2.74. The van der Waals surface area contributed by atoms with E-state index in [0.717, 1.165) is 11.0 Å². The predicted molar refractivity (Wildman–Crippen MR) is 114 cm³/mol. The van der Waals surface area contributed by atoms with Gasteiger partial charge >= 0.3 is 5.69 Å². The van der Waals surface area contributed by atoms with Crippen LogP contribution in [0, 0.1) is 10.1 Å². The van der Waals surface area contributed by atoms with Crippen LogP contribution in [0.25, 0.3) is 6.08 Å². The molecule has 0 unspecified atom stereocenters. The van der Waals surface area contributed by atoms with E-state index in [2.05, 4.69) is 5.32 Å². The molecule has 0 bridgehead atoms. The zero-order valence-corrected chi connectivity index (χ0v) is 17.0. The summed E-state index contributed by atoms with van der Waals surface area (Å²) >= 11 is 0.576. The number of para-hydroxylation sites is 1. The number of amides is 3. The largest absolute Gasteiger partial charge is 0.502 e. The van der Waals surface area contributed by atoms with Gasteiger partial charge in [-0.15, -0.1) is 0 Å². The molecule has 3 rings (SSSR count). The molecule has 0 spiro atoms. The highest BCUT2D eigenvalue weighted by atomic mass is 32.2. The van der Waals surface area contributed by atoms with Gasteiger partial charge in [-0.25, -0.2) is 0 Å². The number of nitrogens with one attached hydrogen (secondary N) is 1. The number of nitrogens with zero attached hydrogens (tertiary/aromatic N) is 2. The number of aromatic hydroxyl groups is 1. The number of benzene rings is 2. The Labute approximate surface area is 180 Å². The summed E-state index contributed by atoms with van der Waals surface area (Å²) in [6.45, 7) is 1.85. The number of anilines is 1. The van der Waals surface area contributed by atoms with E-state index in [9.17, 15) is 29.6 Å². The first-order valence-corrected chi connectivity index (χ1v) is 9.86. The Balaban J connectivity index is 1.70. The van der Waals surface area contributed by atoms with E-state index in [0.29, 0.717) is 29.8 Å². The van der Waals surface area contributed by atoms with Crippen LogP contribution < -0.4 is 10.1 Å². The molecule has 1 aliphatic heterocycles. The van der Waals surface area contributed by atoms with Gasteiger partial charge in [-0.2, -0.15) is 0 Å². The van der Waals surface area contributed by atoms with Gasteiger partial charge < -0.3 is 15.2 Å². The zero-order valence-electron chi connectivity index (χ0n) is 16.2. The first kappa shape index (κ1) is 21.8. The third-order valence-corrected chi connectivity index (χ3v) is 5.06. The number of phenolic OH excluding ortho intramolecular Hbond substituents is 1. The first-order chi connectivity index (χ1) is 14.8. The molecule has 1 fully saturated rings. The van der Waals surface area contributed by atoms with Crippen LogP contribution >= 0.6 is 11.8 Å². The lowest BCUT2D eigenvalue weighted by Gasteiger charge is -2.12. The third-order valence-electron chi connectivity index (χ3n) is 4.15. The second-order valence-corrected chi connectivity index (χ2v) is 7.24. The average Bonchev–Trinajstić information content (AvgIpc) is 2.98. The minimum atomic E-state index is -0.760. The molecule has 1 heterocycles. The summed E-state index contributed by atoms with van der Waals surface area (Å²) in [4.78, 5) is 47.9. The molecule has 1 saturated heterocycles. The molecular formula is C20H17N3O7S.